The van der Waals surface area contributed by atoms with Gasteiger partial charge in [0.2, 0.25) is 5.91 Å². The van der Waals surface area contributed by atoms with E-state index in [-0.39, 0.29) is 19.1 Å². The summed E-state index contributed by atoms with van der Waals surface area (Å²) in [6.45, 7) is 4.97. The molecule has 0 saturated heterocycles. The van der Waals surface area contributed by atoms with Crippen molar-refractivity contribution in [3.05, 3.63) is 0 Å². The number of rotatable bonds is 65. The van der Waals surface area contributed by atoms with Crippen molar-refractivity contribution in [1.82, 2.24) is 5.32 Å². The molecule has 0 rings (SSSR count). The summed E-state index contributed by atoms with van der Waals surface area (Å²) >= 11 is 0. The van der Waals surface area contributed by atoms with Crippen molar-refractivity contribution in [1.29, 1.82) is 0 Å². The molecule has 0 spiro atoms. The zero-order valence-electron chi connectivity index (χ0n) is 52.3. The fourth-order valence-electron chi connectivity index (χ4n) is 11.0. The molecular weight excluding hydrogens is 960 g/mol. The first-order chi connectivity index (χ1) is 37.0. The maximum atomic E-state index is 13.1. The number of phosphoric acid groups is 1. The third kappa shape index (κ3) is 61.1. The topological polar surface area (TPSA) is 105 Å². The van der Waals surface area contributed by atoms with Gasteiger partial charge in [-0.25, -0.2) is 4.57 Å². The highest BCUT2D eigenvalue weighted by Gasteiger charge is 2.28. The summed E-state index contributed by atoms with van der Waals surface area (Å²) < 4.78 is 23.9. The normalized spacial score (nSPS) is 13.6. The van der Waals surface area contributed by atoms with Crippen molar-refractivity contribution >= 4 is 13.7 Å². The van der Waals surface area contributed by atoms with Crippen LogP contribution in [0.3, 0.4) is 0 Å². The van der Waals surface area contributed by atoms with Gasteiger partial charge in [0, 0.05) is 6.42 Å². The molecule has 0 fully saturated rings. The van der Waals surface area contributed by atoms with Crippen LogP contribution in [0.2, 0.25) is 0 Å². The fourth-order valence-corrected chi connectivity index (χ4v) is 11.7. The van der Waals surface area contributed by atoms with Gasteiger partial charge >= 0.3 is 7.82 Å². The van der Waals surface area contributed by atoms with Gasteiger partial charge in [0.05, 0.1) is 39.9 Å². The summed E-state index contributed by atoms with van der Waals surface area (Å²) in [5.74, 6) is -0.133. The Morgan fingerprint density at radius 3 is 0.882 bits per heavy atom. The SMILES string of the molecule is CCCCCCCCCCCCCCCCCCCCCCCCCCCCCCCCCC(=O)NC(COP(=O)(O)OCC[N+](C)(C)C)C(O)CCCCCCCCCCCCCCCCCCCCCCCCC. The lowest BCUT2D eigenvalue weighted by Gasteiger charge is -2.26. The molecule has 3 N–H and O–H groups in total. The van der Waals surface area contributed by atoms with Crippen LogP contribution in [0.5, 0.6) is 0 Å². The number of carbonyl (C=O) groups is 1. The smallest absolute Gasteiger partial charge is 0.391 e. The van der Waals surface area contributed by atoms with Crippen LogP contribution in [-0.4, -0.2) is 73.4 Å². The fraction of sp³-hybridized carbons (Fsp3) is 0.985. The van der Waals surface area contributed by atoms with Crippen LogP contribution in [0.25, 0.3) is 0 Å². The van der Waals surface area contributed by atoms with Crippen molar-refractivity contribution in [2.45, 2.75) is 386 Å². The second-order valence-electron chi connectivity index (χ2n) is 25.3. The number of amides is 1. The number of carbonyl (C=O) groups excluding carboxylic acids is 1. The molecule has 0 radical (unpaired) electrons. The number of unbranched alkanes of at least 4 members (excludes halogenated alkanes) is 52. The zero-order valence-corrected chi connectivity index (χ0v) is 53.2. The molecule has 3 unspecified atom stereocenters. The van der Waals surface area contributed by atoms with Gasteiger partial charge in [0.25, 0.3) is 0 Å². The number of phosphoric ester groups is 1. The van der Waals surface area contributed by atoms with Gasteiger partial charge in [-0.3, -0.25) is 13.8 Å². The van der Waals surface area contributed by atoms with Crippen LogP contribution in [0.15, 0.2) is 0 Å². The van der Waals surface area contributed by atoms with E-state index in [1.165, 1.54) is 308 Å². The third-order valence-electron chi connectivity index (χ3n) is 16.4. The molecular formula is C67H138N2O6P+. The predicted molar refractivity (Wildman–Crippen MR) is 332 cm³/mol. The Balaban J connectivity index is 3.98. The number of hydrogen-bond acceptors (Lipinski definition) is 5. The largest absolute Gasteiger partial charge is 0.472 e. The molecule has 8 nitrogen and oxygen atoms in total. The van der Waals surface area contributed by atoms with Crippen LogP contribution < -0.4 is 5.32 Å². The maximum Gasteiger partial charge on any atom is 0.472 e. The standard InChI is InChI=1S/C67H137N2O6P/c1-6-8-10-12-14-16-18-20-22-24-26-28-30-31-32-33-34-35-36-37-39-41-43-45-47-49-51-53-55-57-59-61-67(71)68-65(64-75-76(72,73)74-63-62-69(3,4)5)66(70)60-58-56-54-52-50-48-46-44-42-40-38-29-27-25-23-21-19-17-15-13-11-9-7-2/h65-66,70H,6-64H2,1-5H3,(H-,68,71,72,73)/p+1. The van der Waals surface area contributed by atoms with Crippen molar-refractivity contribution in [2.24, 2.45) is 0 Å². The average molecular weight is 1100 g/mol. The molecule has 0 aliphatic heterocycles. The summed E-state index contributed by atoms with van der Waals surface area (Å²) in [6, 6.07) is -0.756. The number of hydrogen-bond donors (Lipinski definition) is 3. The van der Waals surface area contributed by atoms with Gasteiger partial charge in [0.1, 0.15) is 13.2 Å². The zero-order chi connectivity index (χ0) is 55.6. The van der Waals surface area contributed by atoms with E-state index in [9.17, 15) is 19.4 Å². The highest BCUT2D eigenvalue weighted by Crippen LogP contribution is 2.43. The highest BCUT2D eigenvalue weighted by atomic mass is 31.2. The Morgan fingerprint density at radius 2 is 0.632 bits per heavy atom. The van der Waals surface area contributed by atoms with Crippen LogP contribution in [0, 0.1) is 0 Å². The lowest BCUT2D eigenvalue weighted by atomic mass is 10.0. The van der Waals surface area contributed by atoms with Gasteiger partial charge in [-0.1, -0.05) is 354 Å². The lowest BCUT2D eigenvalue weighted by molar-refractivity contribution is -0.870. The van der Waals surface area contributed by atoms with Crippen LogP contribution >= 0.6 is 7.82 Å². The Labute approximate surface area is 476 Å². The van der Waals surface area contributed by atoms with E-state index in [1.54, 1.807) is 0 Å². The van der Waals surface area contributed by atoms with E-state index < -0.39 is 20.0 Å². The molecule has 0 aliphatic carbocycles. The van der Waals surface area contributed by atoms with Gasteiger partial charge in [-0.2, -0.15) is 0 Å². The summed E-state index contributed by atoms with van der Waals surface area (Å²) in [6.07, 6.45) is 73.5. The van der Waals surface area contributed by atoms with Crippen LogP contribution in [0.4, 0.5) is 0 Å². The van der Waals surface area contributed by atoms with Crippen LogP contribution in [-0.2, 0) is 18.4 Å². The van der Waals surface area contributed by atoms with Gasteiger partial charge in [-0.05, 0) is 12.8 Å². The van der Waals surface area contributed by atoms with E-state index in [0.717, 1.165) is 38.5 Å². The summed E-state index contributed by atoms with van der Waals surface area (Å²) in [7, 11) is 1.64. The molecule has 0 aromatic rings. The molecule has 456 valence electrons. The minimum absolute atomic E-state index is 0.0794. The molecule has 0 aromatic heterocycles. The molecule has 0 aliphatic rings. The Kier molecular flexibility index (Phi) is 58.7. The predicted octanol–water partition coefficient (Wildman–Crippen LogP) is 21.6. The molecule has 76 heavy (non-hydrogen) atoms. The minimum atomic E-state index is -4.32. The highest BCUT2D eigenvalue weighted by molar-refractivity contribution is 7.47. The van der Waals surface area contributed by atoms with E-state index in [0.29, 0.717) is 23.9 Å². The molecule has 0 bridgehead atoms. The van der Waals surface area contributed by atoms with Crippen molar-refractivity contribution in [2.75, 3.05) is 40.9 Å². The average Bonchev–Trinajstić information content (AvgIpc) is 3.38. The molecule has 0 heterocycles. The van der Waals surface area contributed by atoms with Gasteiger partial charge in [-0.15, -0.1) is 0 Å². The first-order valence-corrected chi connectivity index (χ1v) is 35.9. The summed E-state index contributed by atoms with van der Waals surface area (Å²) in [5, 5.41) is 14.1. The second-order valence-corrected chi connectivity index (χ2v) is 26.7. The number of nitrogens with one attached hydrogen (secondary N) is 1. The molecule has 3 atom stereocenters. The molecule has 0 saturated carbocycles. The number of quaternary nitrogens is 1. The molecule has 0 aromatic carbocycles. The van der Waals surface area contributed by atoms with Crippen molar-refractivity contribution < 1.29 is 32.9 Å². The van der Waals surface area contributed by atoms with Gasteiger partial charge < -0.3 is 19.8 Å². The molecule has 9 heteroatoms. The summed E-state index contributed by atoms with van der Waals surface area (Å²) in [4.78, 5) is 23.4. The van der Waals surface area contributed by atoms with Crippen molar-refractivity contribution in [3.63, 3.8) is 0 Å². The Bertz CT molecular complexity index is 1200. The number of likely N-dealkylation sites (N-methyl/N-ethyl adjacent to an activating group) is 1. The first kappa shape index (κ1) is 75.5. The second kappa shape index (κ2) is 59.1. The first-order valence-electron chi connectivity index (χ1n) is 34.4. The van der Waals surface area contributed by atoms with E-state index >= 15 is 0 Å². The number of nitrogens with zero attached hydrogens (tertiary/aromatic N) is 1. The Hall–Kier alpha value is -0.500. The molecule has 1 amide bonds. The number of aliphatic hydroxyl groups excluding tert-OH is 1. The van der Waals surface area contributed by atoms with Crippen LogP contribution in [0.1, 0.15) is 373 Å². The third-order valence-corrected chi connectivity index (χ3v) is 17.3. The van der Waals surface area contributed by atoms with Gasteiger partial charge in [0.15, 0.2) is 0 Å². The summed E-state index contributed by atoms with van der Waals surface area (Å²) in [5.41, 5.74) is 0. The van der Waals surface area contributed by atoms with E-state index in [2.05, 4.69) is 19.2 Å². The quantitative estimate of drug-likeness (QED) is 0.0318. The monoisotopic (exact) mass is 1100 g/mol. The lowest BCUT2D eigenvalue weighted by Crippen LogP contribution is -2.46. The van der Waals surface area contributed by atoms with E-state index in [4.69, 9.17) is 9.05 Å². The minimum Gasteiger partial charge on any atom is -0.391 e. The van der Waals surface area contributed by atoms with E-state index in [1.807, 2.05) is 21.1 Å². The number of aliphatic hydroxyl groups is 1. The maximum absolute atomic E-state index is 13.1. The Morgan fingerprint density at radius 1 is 0.395 bits per heavy atom. The van der Waals surface area contributed by atoms with Crippen molar-refractivity contribution in [3.8, 4) is 0 Å².